The molecule has 11 nitrogen and oxygen atoms in total. The number of hydrogen-bond acceptors (Lipinski definition) is 7. The van der Waals surface area contributed by atoms with Gasteiger partial charge in [-0.3, -0.25) is 29.8 Å². The largest absolute Gasteiger partial charge is 0.508 e. The number of hydrogen-bond donors (Lipinski definition) is 3. The Morgan fingerprint density at radius 2 is 0.974 bits per heavy atom. The van der Waals surface area contributed by atoms with E-state index in [1.165, 1.54) is 48.5 Å². The van der Waals surface area contributed by atoms with Crippen LogP contribution in [0.5, 0.6) is 5.75 Å². The van der Waals surface area contributed by atoms with Crippen molar-refractivity contribution in [2.75, 3.05) is 9.80 Å². The number of nitrogens with zero attached hydrogens (tertiary/aromatic N) is 2. The highest BCUT2D eigenvalue weighted by Gasteiger charge is 2.55. The second kappa shape index (κ2) is 9.62. The smallest absolute Gasteiger partial charge is 0.335 e. The molecule has 3 aromatic carbocycles. The van der Waals surface area contributed by atoms with Gasteiger partial charge in [0.05, 0.1) is 11.4 Å². The SMILES string of the molecule is O=C1NC(=O)N(c2ccccc2)C(=O)C1C(c1ccccc1O)C1C(=O)NC(=O)N(c2ccccc2)C1=O. The van der Waals surface area contributed by atoms with Crippen molar-refractivity contribution in [3.8, 4) is 5.75 Å². The average molecular weight is 512 g/mol. The third kappa shape index (κ3) is 4.05. The highest BCUT2D eigenvalue weighted by Crippen LogP contribution is 2.42. The predicted octanol–water partition coefficient (Wildman–Crippen LogP) is 2.27. The van der Waals surface area contributed by atoms with E-state index >= 15 is 0 Å². The van der Waals surface area contributed by atoms with Crippen LogP contribution in [-0.4, -0.2) is 40.8 Å². The van der Waals surface area contributed by atoms with Crippen molar-refractivity contribution < 1.29 is 33.9 Å². The van der Waals surface area contributed by atoms with E-state index < -0.39 is 53.4 Å². The number of rotatable bonds is 5. The number of imide groups is 4. The minimum Gasteiger partial charge on any atom is -0.508 e. The van der Waals surface area contributed by atoms with Gasteiger partial charge in [-0.05, 0) is 35.9 Å². The molecular formula is C27H20N4O7. The molecule has 0 aromatic heterocycles. The number of amides is 8. The zero-order valence-corrected chi connectivity index (χ0v) is 19.6. The third-order valence-electron chi connectivity index (χ3n) is 6.45. The molecule has 2 unspecified atom stereocenters. The summed E-state index contributed by atoms with van der Waals surface area (Å²) in [5.74, 6) is -9.63. The molecule has 0 aliphatic carbocycles. The first-order valence-corrected chi connectivity index (χ1v) is 11.5. The Kier molecular flexibility index (Phi) is 6.17. The summed E-state index contributed by atoms with van der Waals surface area (Å²) in [7, 11) is 0. The van der Waals surface area contributed by atoms with E-state index in [1.54, 1.807) is 36.4 Å². The van der Waals surface area contributed by atoms with E-state index in [2.05, 4.69) is 10.6 Å². The van der Waals surface area contributed by atoms with Gasteiger partial charge >= 0.3 is 12.1 Å². The van der Waals surface area contributed by atoms with Crippen molar-refractivity contribution in [3.05, 3.63) is 90.5 Å². The summed E-state index contributed by atoms with van der Waals surface area (Å²) in [6.07, 6.45) is 0. The average Bonchev–Trinajstić information content (AvgIpc) is 2.89. The van der Waals surface area contributed by atoms with Crippen LogP contribution in [0.2, 0.25) is 0 Å². The zero-order valence-electron chi connectivity index (χ0n) is 19.6. The van der Waals surface area contributed by atoms with Gasteiger partial charge in [-0.2, -0.15) is 0 Å². The van der Waals surface area contributed by atoms with Crippen molar-refractivity contribution in [3.63, 3.8) is 0 Å². The first kappa shape index (κ1) is 24.4. The fraction of sp³-hybridized carbons (Fsp3) is 0.111. The van der Waals surface area contributed by atoms with Crippen LogP contribution in [0.25, 0.3) is 0 Å². The number of phenols is 1. The number of anilines is 2. The maximum absolute atomic E-state index is 13.8. The second-order valence-electron chi connectivity index (χ2n) is 8.65. The number of nitrogens with one attached hydrogen (secondary N) is 2. The Morgan fingerprint density at radius 1 is 0.579 bits per heavy atom. The van der Waals surface area contributed by atoms with Crippen molar-refractivity contribution in [2.24, 2.45) is 11.8 Å². The topological polar surface area (TPSA) is 153 Å². The molecule has 0 saturated carbocycles. The van der Waals surface area contributed by atoms with Crippen molar-refractivity contribution >= 4 is 47.1 Å². The lowest BCUT2D eigenvalue weighted by molar-refractivity contribution is -0.140. The minimum absolute atomic E-state index is 0.0563. The molecule has 8 amide bonds. The molecule has 5 rings (SSSR count). The lowest BCUT2D eigenvalue weighted by atomic mass is 9.73. The normalized spacial score (nSPS) is 20.7. The van der Waals surface area contributed by atoms with E-state index in [9.17, 15) is 33.9 Å². The third-order valence-corrected chi connectivity index (χ3v) is 6.45. The molecule has 11 heteroatoms. The number of aromatic hydroxyl groups is 1. The highest BCUT2D eigenvalue weighted by molar-refractivity contribution is 6.31. The maximum atomic E-state index is 13.8. The fourth-order valence-electron chi connectivity index (χ4n) is 4.78. The summed E-state index contributed by atoms with van der Waals surface area (Å²) in [4.78, 5) is 80.9. The molecule has 0 spiro atoms. The van der Waals surface area contributed by atoms with E-state index in [0.717, 1.165) is 9.80 Å². The lowest BCUT2D eigenvalue weighted by Crippen LogP contribution is -2.64. The number of urea groups is 2. The summed E-state index contributed by atoms with van der Waals surface area (Å²) in [6.45, 7) is 0. The number of barbiturate groups is 2. The molecule has 3 aromatic rings. The first-order chi connectivity index (χ1) is 18.3. The Morgan fingerprint density at radius 3 is 1.39 bits per heavy atom. The molecule has 38 heavy (non-hydrogen) atoms. The van der Waals surface area contributed by atoms with Crippen LogP contribution in [-0.2, 0) is 19.2 Å². The number of carbonyl (C=O) groups is 6. The molecule has 2 aliphatic heterocycles. The summed E-state index contributed by atoms with van der Waals surface area (Å²) < 4.78 is 0. The maximum Gasteiger partial charge on any atom is 0.335 e. The second-order valence-corrected chi connectivity index (χ2v) is 8.65. The molecule has 190 valence electrons. The van der Waals surface area contributed by atoms with Crippen LogP contribution in [0.4, 0.5) is 21.0 Å². The molecule has 2 fully saturated rings. The number of phenolic OH excluding ortho intramolecular Hbond substituents is 1. The first-order valence-electron chi connectivity index (χ1n) is 11.5. The predicted molar refractivity (Wildman–Crippen MR) is 133 cm³/mol. The Hall–Kier alpha value is -5.32. The summed E-state index contributed by atoms with van der Waals surface area (Å²) in [6, 6.07) is 19.2. The van der Waals surface area contributed by atoms with Crippen LogP contribution in [0.15, 0.2) is 84.9 Å². The van der Waals surface area contributed by atoms with Crippen molar-refractivity contribution in [1.82, 2.24) is 10.6 Å². The molecule has 2 atom stereocenters. The van der Waals surface area contributed by atoms with Crippen LogP contribution in [0, 0.1) is 11.8 Å². The molecular weight excluding hydrogens is 492 g/mol. The molecule has 2 aliphatic rings. The molecule has 0 bridgehead atoms. The van der Waals surface area contributed by atoms with Crippen LogP contribution < -0.4 is 20.4 Å². The minimum atomic E-state index is -1.79. The zero-order chi connectivity index (χ0) is 27.0. The quantitative estimate of drug-likeness (QED) is 0.443. The molecule has 3 N–H and O–H groups in total. The highest BCUT2D eigenvalue weighted by atomic mass is 16.3. The standard InChI is InChI=1S/C27H20N4O7/c32-18-14-8-7-13-17(18)19(20-22(33)28-26(37)30(24(20)35)15-9-3-1-4-10-15)21-23(34)29-27(38)31(25(21)36)16-11-5-2-6-12-16/h1-14,19-21,32H,(H,28,33,37)(H,29,34,38). The van der Waals surface area contributed by atoms with Gasteiger partial charge in [0.1, 0.15) is 17.6 Å². The Balaban J connectivity index is 1.66. The van der Waals surface area contributed by atoms with E-state index in [0.29, 0.717) is 0 Å². The van der Waals surface area contributed by atoms with E-state index in [4.69, 9.17) is 0 Å². The number of benzene rings is 3. The van der Waals surface area contributed by atoms with Crippen LogP contribution >= 0.6 is 0 Å². The molecule has 2 heterocycles. The van der Waals surface area contributed by atoms with Gasteiger partial charge in [0.2, 0.25) is 23.6 Å². The number of para-hydroxylation sites is 3. The Labute approximate surface area is 215 Å². The van der Waals surface area contributed by atoms with Gasteiger partial charge < -0.3 is 5.11 Å². The van der Waals surface area contributed by atoms with Gasteiger partial charge in [0.25, 0.3) is 0 Å². The molecule has 0 radical (unpaired) electrons. The Bertz CT molecular complexity index is 1390. The van der Waals surface area contributed by atoms with Crippen LogP contribution in [0.3, 0.4) is 0 Å². The van der Waals surface area contributed by atoms with Crippen LogP contribution in [0.1, 0.15) is 11.5 Å². The molecule has 2 saturated heterocycles. The van der Waals surface area contributed by atoms with E-state index in [-0.39, 0.29) is 22.7 Å². The summed E-state index contributed by atoms with van der Waals surface area (Å²) >= 11 is 0. The lowest BCUT2D eigenvalue weighted by Gasteiger charge is -2.39. The fourth-order valence-corrected chi connectivity index (χ4v) is 4.78. The monoisotopic (exact) mass is 512 g/mol. The summed E-state index contributed by atoms with van der Waals surface area (Å²) in [5, 5.41) is 15.0. The van der Waals surface area contributed by atoms with Gasteiger partial charge in [-0.25, -0.2) is 19.4 Å². The van der Waals surface area contributed by atoms with Gasteiger partial charge in [-0.1, -0.05) is 54.6 Å². The van der Waals surface area contributed by atoms with Gasteiger partial charge in [0, 0.05) is 5.92 Å². The number of carbonyl (C=O) groups excluding carboxylic acids is 6. The van der Waals surface area contributed by atoms with Gasteiger partial charge in [0.15, 0.2) is 0 Å². The van der Waals surface area contributed by atoms with Crippen molar-refractivity contribution in [2.45, 2.75) is 5.92 Å². The van der Waals surface area contributed by atoms with Gasteiger partial charge in [-0.15, -0.1) is 0 Å². The van der Waals surface area contributed by atoms with Crippen molar-refractivity contribution in [1.29, 1.82) is 0 Å². The summed E-state index contributed by atoms with van der Waals surface area (Å²) in [5.41, 5.74) is 0.257. The van der Waals surface area contributed by atoms with E-state index in [1.807, 2.05) is 0 Å².